The van der Waals surface area contributed by atoms with Gasteiger partial charge in [0.05, 0.1) is 6.61 Å². The van der Waals surface area contributed by atoms with Gasteiger partial charge in [0, 0.05) is 19.6 Å². The van der Waals surface area contributed by atoms with Crippen molar-refractivity contribution < 1.29 is 23.4 Å². The second-order valence-electron chi connectivity index (χ2n) is 6.09. The van der Waals surface area contributed by atoms with E-state index in [9.17, 15) is 9.18 Å². The number of carbonyl (C=O) groups excluding carboxylic acids is 1. The van der Waals surface area contributed by atoms with E-state index in [2.05, 4.69) is 5.32 Å². The molecule has 0 unspecified atom stereocenters. The van der Waals surface area contributed by atoms with Crippen molar-refractivity contribution in [2.75, 3.05) is 26.5 Å². The standard InChI is InChI=1S/C20H23FN2O4/c1-2-23(13-15-4-9-18-19(12-15)27-14-26-18)20(24)22-10-3-11-25-17-7-5-16(21)6-8-17/h4-9,12H,2-3,10-11,13-14H2,1H3,(H,22,24). The minimum Gasteiger partial charge on any atom is -0.494 e. The first-order chi connectivity index (χ1) is 13.2. The lowest BCUT2D eigenvalue weighted by atomic mass is 10.2. The molecule has 1 heterocycles. The molecule has 0 aliphatic carbocycles. The zero-order chi connectivity index (χ0) is 19.1. The number of urea groups is 1. The van der Waals surface area contributed by atoms with Crippen LogP contribution < -0.4 is 19.5 Å². The summed E-state index contributed by atoms with van der Waals surface area (Å²) < 4.78 is 29.0. The maximum Gasteiger partial charge on any atom is 0.317 e. The van der Waals surface area contributed by atoms with Gasteiger partial charge in [0.2, 0.25) is 6.79 Å². The summed E-state index contributed by atoms with van der Waals surface area (Å²) >= 11 is 0. The predicted molar refractivity (Wildman–Crippen MR) is 98.6 cm³/mol. The average molecular weight is 374 g/mol. The number of benzene rings is 2. The molecule has 0 fully saturated rings. The topological polar surface area (TPSA) is 60.0 Å². The lowest BCUT2D eigenvalue weighted by Gasteiger charge is -2.21. The Morgan fingerprint density at radius 2 is 1.96 bits per heavy atom. The number of nitrogens with one attached hydrogen (secondary N) is 1. The Hall–Kier alpha value is -2.96. The van der Waals surface area contributed by atoms with Gasteiger partial charge in [-0.3, -0.25) is 0 Å². The number of amides is 2. The first kappa shape index (κ1) is 18.8. The molecule has 27 heavy (non-hydrogen) atoms. The zero-order valence-corrected chi connectivity index (χ0v) is 15.2. The Labute approximate surface area is 157 Å². The maximum atomic E-state index is 12.8. The maximum absolute atomic E-state index is 12.8. The number of hydrogen-bond acceptors (Lipinski definition) is 4. The molecule has 7 heteroatoms. The van der Waals surface area contributed by atoms with E-state index in [0.29, 0.717) is 44.2 Å². The zero-order valence-electron chi connectivity index (χ0n) is 15.2. The van der Waals surface area contributed by atoms with Gasteiger partial charge < -0.3 is 24.4 Å². The Balaban J connectivity index is 1.40. The molecule has 2 amide bonds. The molecule has 2 aromatic rings. The Bertz CT molecular complexity index is 767. The monoisotopic (exact) mass is 374 g/mol. The molecule has 0 radical (unpaired) electrons. The van der Waals surface area contributed by atoms with Gasteiger partial charge >= 0.3 is 6.03 Å². The van der Waals surface area contributed by atoms with Crippen LogP contribution in [0.4, 0.5) is 9.18 Å². The highest BCUT2D eigenvalue weighted by Gasteiger charge is 2.16. The van der Waals surface area contributed by atoms with Gasteiger partial charge in [-0.15, -0.1) is 0 Å². The molecule has 144 valence electrons. The molecule has 0 aromatic heterocycles. The van der Waals surface area contributed by atoms with Crippen LogP contribution in [-0.2, 0) is 6.54 Å². The number of hydrogen-bond donors (Lipinski definition) is 1. The SMILES string of the molecule is CCN(Cc1ccc2c(c1)OCO2)C(=O)NCCCOc1ccc(F)cc1. The summed E-state index contributed by atoms with van der Waals surface area (Å²) in [7, 11) is 0. The molecule has 6 nitrogen and oxygen atoms in total. The fourth-order valence-electron chi connectivity index (χ4n) is 2.69. The van der Waals surface area contributed by atoms with Gasteiger partial charge in [0.1, 0.15) is 11.6 Å². The van der Waals surface area contributed by atoms with Gasteiger partial charge in [-0.25, -0.2) is 9.18 Å². The van der Waals surface area contributed by atoms with Crippen LogP contribution in [0.1, 0.15) is 18.9 Å². The molecule has 0 saturated heterocycles. The molecule has 0 spiro atoms. The number of rotatable bonds is 8. The molecule has 1 aliphatic heterocycles. The summed E-state index contributed by atoms with van der Waals surface area (Å²) in [5.41, 5.74) is 0.982. The van der Waals surface area contributed by atoms with Crippen LogP contribution in [0.2, 0.25) is 0 Å². The van der Waals surface area contributed by atoms with Crippen LogP contribution in [0.5, 0.6) is 17.2 Å². The van der Waals surface area contributed by atoms with Crippen molar-refractivity contribution >= 4 is 6.03 Å². The average Bonchev–Trinajstić information content (AvgIpc) is 3.15. The second kappa shape index (κ2) is 9.12. The first-order valence-electron chi connectivity index (χ1n) is 8.95. The van der Waals surface area contributed by atoms with Crippen molar-refractivity contribution in [1.82, 2.24) is 10.2 Å². The van der Waals surface area contributed by atoms with Crippen molar-refractivity contribution in [3.05, 3.63) is 53.8 Å². The molecular weight excluding hydrogens is 351 g/mol. The van der Waals surface area contributed by atoms with Crippen LogP contribution in [-0.4, -0.2) is 37.4 Å². The van der Waals surface area contributed by atoms with E-state index in [4.69, 9.17) is 14.2 Å². The number of fused-ring (bicyclic) bond motifs is 1. The Kier molecular flexibility index (Phi) is 6.35. The summed E-state index contributed by atoms with van der Waals surface area (Å²) in [4.78, 5) is 14.1. The minimum absolute atomic E-state index is 0.128. The lowest BCUT2D eigenvalue weighted by Crippen LogP contribution is -2.40. The van der Waals surface area contributed by atoms with Crippen LogP contribution >= 0.6 is 0 Å². The lowest BCUT2D eigenvalue weighted by molar-refractivity contribution is 0.173. The van der Waals surface area contributed by atoms with Gasteiger partial charge in [-0.05, 0) is 55.3 Å². The Morgan fingerprint density at radius 1 is 1.19 bits per heavy atom. The molecule has 3 rings (SSSR count). The third-order valence-electron chi connectivity index (χ3n) is 4.16. The molecule has 2 aromatic carbocycles. The largest absolute Gasteiger partial charge is 0.494 e. The molecular formula is C20H23FN2O4. The van der Waals surface area contributed by atoms with Gasteiger partial charge in [-0.1, -0.05) is 6.07 Å². The van der Waals surface area contributed by atoms with Crippen LogP contribution in [0, 0.1) is 5.82 Å². The summed E-state index contributed by atoms with van der Waals surface area (Å²) in [6.07, 6.45) is 0.657. The third kappa shape index (κ3) is 5.26. The van der Waals surface area contributed by atoms with E-state index in [1.165, 1.54) is 12.1 Å². The second-order valence-corrected chi connectivity index (χ2v) is 6.09. The highest BCUT2D eigenvalue weighted by atomic mass is 19.1. The highest BCUT2D eigenvalue weighted by molar-refractivity contribution is 5.74. The normalized spacial score (nSPS) is 11.9. The van der Waals surface area contributed by atoms with Crippen molar-refractivity contribution in [1.29, 1.82) is 0 Å². The molecule has 0 atom stereocenters. The van der Waals surface area contributed by atoms with E-state index in [0.717, 1.165) is 11.3 Å². The van der Waals surface area contributed by atoms with Crippen molar-refractivity contribution in [3.8, 4) is 17.2 Å². The smallest absolute Gasteiger partial charge is 0.317 e. The van der Waals surface area contributed by atoms with E-state index in [1.807, 2.05) is 25.1 Å². The van der Waals surface area contributed by atoms with E-state index in [1.54, 1.807) is 17.0 Å². The van der Waals surface area contributed by atoms with Crippen molar-refractivity contribution in [3.63, 3.8) is 0 Å². The minimum atomic E-state index is -0.295. The van der Waals surface area contributed by atoms with Crippen LogP contribution in [0.15, 0.2) is 42.5 Å². The fraction of sp³-hybridized carbons (Fsp3) is 0.350. The molecule has 0 bridgehead atoms. The van der Waals surface area contributed by atoms with Crippen molar-refractivity contribution in [2.24, 2.45) is 0 Å². The summed E-state index contributed by atoms with van der Waals surface area (Å²) in [5, 5.41) is 2.89. The molecule has 1 aliphatic rings. The third-order valence-corrected chi connectivity index (χ3v) is 4.16. The fourth-order valence-corrected chi connectivity index (χ4v) is 2.69. The Morgan fingerprint density at radius 3 is 2.74 bits per heavy atom. The van der Waals surface area contributed by atoms with E-state index in [-0.39, 0.29) is 18.6 Å². The van der Waals surface area contributed by atoms with E-state index < -0.39 is 0 Å². The molecule has 1 N–H and O–H groups in total. The van der Waals surface area contributed by atoms with Crippen LogP contribution in [0.3, 0.4) is 0 Å². The van der Waals surface area contributed by atoms with Crippen LogP contribution in [0.25, 0.3) is 0 Å². The van der Waals surface area contributed by atoms with Gasteiger partial charge in [-0.2, -0.15) is 0 Å². The van der Waals surface area contributed by atoms with Gasteiger partial charge in [0.25, 0.3) is 0 Å². The van der Waals surface area contributed by atoms with E-state index >= 15 is 0 Å². The highest BCUT2D eigenvalue weighted by Crippen LogP contribution is 2.32. The first-order valence-corrected chi connectivity index (χ1v) is 8.95. The van der Waals surface area contributed by atoms with Crippen molar-refractivity contribution in [2.45, 2.75) is 19.9 Å². The summed E-state index contributed by atoms with van der Waals surface area (Å²) in [6.45, 7) is 4.19. The summed E-state index contributed by atoms with van der Waals surface area (Å²) in [5.74, 6) is 1.76. The number of halogens is 1. The van der Waals surface area contributed by atoms with Gasteiger partial charge in [0.15, 0.2) is 11.5 Å². The number of nitrogens with zero attached hydrogens (tertiary/aromatic N) is 1. The summed E-state index contributed by atoms with van der Waals surface area (Å²) in [6, 6.07) is 11.4. The quantitative estimate of drug-likeness (QED) is 0.718. The predicted octanol–water partition coefficient (Wildman–Crippen LogP) is 3.56. The number of carbonyl (C=O) groups is 1. The molecule has 0 saturated carbocycles. The number of ether oxygens (including phenoxy) is 3.